The lowest BCUT2D eigenvalue weighted by Gasteiger charge is -2.34. The number of rotatable bonds is 2. The lowest BCUT2D eigenvalue weighted by Crippen LogP contribution is -2.34. The zero-order chi connectivity index (χ0) is 10.7. The van der Waals surface area contributed by atoms with E-state index in [1.165, 1.54) is 37.2 Å². The zero-order valence-corrected chi connectivity index (χ0v) is 11.4. The molecule has 1 saturated heterocycles. The molecular formula is C13H18IN. The molecule has 1 aromatic rings. The van der Waals surface area contributed by atoms with Crippen LogP contribution in [0.25, 0.3) is 0 Å². The maximum Gasteiger partial charge on any atom is 0.0406 e. The third-order valence-corrected chi connectivity index (χ3v) is 3.96. The molecule has 2 heteroatoms. The van der Waals surface area contributed by atoms with Gasteiger partial charge >= 0.3 is 0 Å². The van der Waals surface area contributed by atoms with Gasteiger partial charge in [-0.2, -0.15) is 0 Å². The molecule has 1 fully saturated rings. The zero-order valence-electron chi connectivity index (χ0n) is 9.25. The number of alkyl halides is 1. The molecule has 1 aliphatic rings. The second-order valence-corrected chi connectivity index (χ2v) is 5.22. The summed E-state index contributed by atoms with van der Waals surface area (Å²) < 4.78 is 1.11. The molecule has 0 radical (unpaired) electrons. The number of hydrogen-bond acceptors (Lipinski definition) is 1. The van der Waals surface area contributed by atoms with Gasteiger partial charge in [0.15, 0.2) is 0 Å². The first kappa shape index (κ1) is 11.2. The Morgan fingerprint density at radius 1 is 1.40 bits per heavy atom. The Bertz CT molecular complexity index is 324. The molecule has 1 unspecified atom stereocenters. The van der Waals surface area contributed by atoms with Gasteiger partial charge in [-0.3, -0.25) is 0 Å². The normalized spacial score (nSPS) is 21.7. The van der Waals surface area contributed by atoms with Gasteiger partial charge in [-0.1, -0.05) is 47.7 Å². The van der Waals surface area contributed by atoms with Gasteiger partial charge in [0.25, 0.3) is 0 Å². The summed E-state index contributed by atoms with van der Waals surface area (Å²) >= 11 is 2.45. The third-order valence-electron chi connectivity index (χ3n) is 3.13. The number of para-hydroxylation sites is 1. The van der Waals surface area contributed by atoms with E-state index >= 15 is 0 Å². The van der Waals surface area contributed by atoms with Crippen LogP contribution >= 0.6 is 22.6 Å². The number of halogens is 1. The monoisotopic (exact) mass is 315 g/mol. The van der Waals surface area contributed by atoms with Crippen LogP contribution in [0.15, 0.2) is 24.3 Å². The molecule has 82 valence electrons. The minimum absolute atomic E-state index is 0.848. The fraction of sp³-hybridized carbons (Fsp3) is 0.538. The summed E-state index contributed by atoms with van der Waals surface area (Å²) in [6.45, 7) is 4.82. The smallest absolute Gasteiger partial charge is 0.0406 e. The van der Waals surface area contributed by atoms with Crippen LogP contribution in [0, 0.1) is 5.92 Å². The van der Waals surface area contributed by atoms with Crippen LogP contribution in [-0.2, 0) is 4.43 Å². The number of nitrogens with zero attached hydrogens (tertiary/aromatic N) is 1. The van der Waals surface area contributed by atoms with Crippen molar-refractivity contribution in [2.45, 2.75) is 24.2 Å². The van der Waals surface area contributed by atoms with Gasteiger partial charge < -0.3 is 4.90 Å². The second-order valence-electron chi connectivity index (χ2n) is 4.46. The van der Waals surface area contributed by atoms with E-state index < -0.39 is 0 Å². The number of hydrogen-bond donors (Lipinski definition) is 0. The fourth-order valence-electron chi connectivity index (χ4n) is 2.34. The molecule has 0 N–H and O–H groups in total. The molecule has 15 heavy (non-hydrogen) atoms. The first-order valence-electron chi connectivity index (χ1n) is 5.70. The molecule has 0 aromatic heterocycles. The summed E-state index contributed by atoms with van der Waals surface area (Å²) in [5.41, 5.74) is 2.94. The van der Waals surface area contributed by atoms with E-state index in [0.717, 1.165) is 10.3 Å². The highest BCUT2D eigenvalue weighted by Crippen LogP contribution is 2.27. The molecule has 0 saturated carbocycles. The summed E-state index contributed by atoms with van der Waals surface area (Å²) in [4.78, 5) is 2.56. The van der Waals surface area contributed by atoms with E-state index in [4.69, 9.17) is 0 Å². The molecular weight excluding hydrogens is 297 g/mol. The molecule has 0 aliphatic carbocycles. The lowest BCUT2D eigenvalue weighted by atomic mass is 9.99. The van der Waals surface area contributed by atoms with Crippen LogP contribution in [-0.4, -0.2) is 13.1 Å². The van der Waals surface area contributed by atoms with Crippen molar-refractivity contribution < 1.29 is 0 Å². The van der Waals surface area contributed by atoms with Gasteiger partial charge in [0.1, 0.15) is 0 Å². The predicted octanol–water partition coefficient (Wildman–Crippen LogP) is 3.86. The Morgan fingerprint density at radius 2 is 2.20 bits per heavy atom. The third kappa shape index (κ3) is 2.65. The van der Waals surface area contributed by atoms with E-state index in [1.54, 1.807) is 0 Å². The van der Waals surface area contributed by atoms with E-state index in [1.807, 2.05) is 0 Å². The first-order chi connectivity index (χ1) is 7.31. The van der Waals surface area contributed by atoms with Gasteiger partial charge in [-0.05, 0) is 30.4 Å². The van der Waals surface area contributed by atoms with Crippen LogP contribution in [0.5, 0.6) is 0 Å². The molecule has 0 amide bonds. The van der Waals surface area contributed by atoms with Crippen molar-refractivity contribution >= 4 is 28.3 Å². The molecule has 0 spiro atoms. The van der Waals surface area contributed by atoms with Crippen LogP contribution in [0.4, 0.5) is 5.69 Å². The Balaban J connectivity index is 2.20. The standard InChI is InChI=1S/C13H18IN/c1-11-5-4-8-15(10-11)13-7-3-2-6-12(13)9-14/h2-3,6-7,11H,4-5,8-10H2,1H3. The van der Waals surface area contributed by atoms with Gasteiger partial charge in [-0.15, -0.1) is 0 Å². The molecule has 0 bridgehead atoms. The second kappa shape index (κ2) is 5.19. The molecule has 1 nitrogen and oxygen atoms in total. The molecule has 1 aliphatic heterocycles. The number of anilines is 1. The Morgan fingerprint density at radius 3 is 2.93 bits per heavy atom. The van der Waals surface area contributed by atoms with Crippen LogP contribution in [0.2, 0.25) is 0 Å². The Hall–Kier alpha value is -0.250. The van der Waals surface area contributed by atoms with Crippen molar-refractivity contribution in [3.8, 4) is 0 Å². The van der Waals surface area contributed by atoms with Crippen molar-refractivity contribution in [2.75, 3.05) is 18.0 Å². The van der Waals surface area contributed by atoms with Crippen molar-refractivity contribution in [3.63, 3.8) is 0 Å². The molecule has 1 atom stereocenters. The average Bonchev–Trinajstić information content (AvgIpc) is 2.29. The van der Waals surface area contributed by atoms with Crippen molar-refractivity contribution in [2.24, 2.45) is 5.92 Å². The minimum Gasteiger partial charge on any atom is -0.371 e. The SMILES string of the molecule is CC1CCCN(c2ccccc2CI)C1. The average molecular weight is 315 g/mol. The molecule has 2 rings (SSSR count). The summed E-state index contributed by atoms with van der Waals surface area (Å²) in [5.74, 6) is 0.848. The Kier molecular flexibility index (Phi) is 3.89. The molecule has 1 heterocycles. The maximum atomic E-state index is 2.56. The lowest BCUT2D eigenvalue weighted by molar-refractivity contribution is 0.446. The van der Waals surface area contributed by atoms with Crippen LogP contribution < -0.4 is 4.90 Å². The van der Waals surface area contributed by atoms with Gasteiger partial charge in [-0.25, -0.2) is 0 Å². The van der Waals surface area contributed by atoms with Crippen LogP contribution in [0.3, 0.4) is 0 Å². The Labute approximate surface area is 106 Å². The van der Waals surface area contributed by atoms with Crippen molar-refractivity contribution in [1.29, 1.82) is 0 Å². The van der Waals surface area contributed by atoms with Crippen molar-refractivity contribution in [1.82, 2.24) is 0 Å². The summed E-state index contributed by atoms with van der Waals surface area (Å²) in [5, 5.41) is 0. The highest BCUT2D eigenvalue weighted by atomic mass is 127. The van der Waals surface area contributed by atoms with E-state index in [9.17, 15) is 0 Å². The summed E-state index contributed by atoms with van der Waals surface area (Å²) in [6, 6.07) is 8.82. The van der Waals surface area contributed by atoms with E-state index in [2.05, 4.69) is 58.7 Å². The van der Waals surface area contributed by atoms with Gasteiger partial charge in [0.2, 0.25) is 0 Å². The van der Waals surface area contributed by atoms with Gasteiger partial charge in [0, 0.05) is 23.2 Å². The van der Waals surface area contributed by atoms with Crippen molar-refractivity contribution in [3.05, 3.63) is 29.8 Å². The minimum atomic E-state index is 0.848. The van der Waals surface area contributed by atoms with Crippen LogP contribution in [0.1, 0.15) is 25.3 Å². The fourth-order valence-corrected chi connectivity index (χ4v) is 2.99. The number of piperidine rings is 1. The molecule has 1 aromatic carbocycles. The summed E-state index contributed by atoms with van der Waals surface area (Å²) in [6.07, 6.45) is 2.74. The maximum absolute atomic E-state index is 2.56. The first-order valence-corrected chi connectivity index (χ1v) is 7.22. The topological polar surface area (TPSA) is 3.24 Å². The highest BCUT2D eigenvalue weighted by molar-refractivity contribution is 14.1. The predicted molar refractivity (Wildman–Crippen MR) is 74.8 cm³/mol. The summed E-state index contributed by atoms with van der Waals surface area (Å²) in [7, 11) is 0. The van der Waals surface area contributed by atoms with E-state index in [-0.39, 0.29) is 0 Å². The quantitative estimate of drug-likeness (QED) is 0.592. The largest absolute Gasteiger partial charge is 0.371 e. The van der Waals surface area contributed by atoms with Gasteiger partial charge in [0.05, 0.1) is 0 Å². The number of benzene rings is 1. The highest BCUT2D eigenvalue weighted by Gasteiger charge is 2.17. The van der Waals surface area contributed by atoms with E-state index in [0.29, 0.717) is 0 Å².